The van der Waals surface area contributed by atoms with Crippen molar-refractivity contribution in [1.29, 1.82) is 0 Å². The third-order valence-electron chi connectivity index (χ3n) is 5.60. The average Bonchev–Trinajstić information content (AvgIpc) is 3.09. The Morgan fingerprint density at radius 3 is 0.638 bits per heavy atom. The Morgan fingerprint density at radius 2 is 0.511 bits per heavy atom. The van der Waals surface area contributed by atoms with Gasteiger partial charge in [0.1, 0.15) is 91.6 Å². The van der Waals surface area contributed by atoms with E-state index in [2.05, 4.69) is 0 Å². The van der Waals surface area contributed by atoms with Crippen LogP contribution in [-0.4, -0.2) is 240 Å². The Hall–Kier alpha value is -2.08. The summed E-state index contributed by atoms with van der Waals surface area (Å²) >= 11 is 0. The predicted molar refractivity (Wildman–Crippen MR) is 147 cm³/mol. The first-order valence-corrected chi connectivity index (χ1v) is 13.2. The fraction of sp³-hybridized carbons (Fsp3) is 0.833. The van der Waals surface area contributed by atoms with E-state index in [-0.39, 0.29) is 25.1 Å². The van der Waals surface area contributed by atoms with Crippen LogP contribution in [0.1, 0.15) is 6.92 Å². The van der Waals surface area contributed by atoms with Crippen LogP contribution < -0.4 is 0 Å². The first kappa shape index (κ1) is 51.7. The molecule has 0 aliphatic rings. The summed E-state index contributed by atoms with van der Waals surface area (Å²) in [6.07, 6.45) is -26.4. The summed E-state index contributed by atoms with van der Waals surface area (Å²) in [7, 11) is 0. The van der Waals surface area contributed by atoms with Gasteiger partial charge >= 0.3 is 0 Å². The lowest BCUT2D eigenvalue weighted by Crippen LogP contribution is -2.46. The second-order valence-corrected chi connectivity index (χ2v) is 9.42. The van der Waals surface area contributed by atoms with Crippen molar-refractivity contribution in [3.05, 3.63) is 0 Å². The topological polar surface area (TPSA) is 453 Å². The maximum absolute atomic E-state index is 9.90. The van der Waals surface area contributed by atoms with Crippen molar-refractivity contribution in [2.45, 2.75) is 105 Å². The molecule has 47 heavy (non-hydrogen) atoms. The number of carbonyl (C=O) groups is 4. The van der Waals surface area contributed by atoms with Crippen LogP contribution in [0, 0.1) is 0 Å². The van der Waals surface area contributed by atoms with Gasteiger partial charge in [0.15, 0.2) is 25.1 Å². The van der Waals surface area contributed by atoms with E-state index in [1.54, 1.807) is 0 Å². The van der Waals surface area contributed by atoms with Crippen molar-refractivity contribution in [3.63, 3.8) is 0 Å². The lowest BCUT2D eigenvalue weighted by atomic mass is 10.0. The molecule has 0 saturated heterocycles. The van der Waals surface area contributed by atoms with Crippen molar-refractivity contribution < 1.29 is 116 Å². The van der Waals surface area contributed by atoms with E-state index in [4.69, 9.17) is 97.0 Å². The van der Waals surface area contributed by atoms with Crippen LogP contribution >= 0.6 is 0 Å². The second-order valence-electron chi connectivity index (χ2n) is 9.42. The summed E-state index contributed by atoms with van der Waals surface area (Å²) in [5.41, 5.74) is 0. The van der Waals surface area contributed by atoms with Crippen LogP contribution in [0.15, 0.2) is 0 Å². The molecule has 0 aliphatic carbocycles. The van der Waals surface area contributed by atoms with Gasteiger partial charge in [-0.2, -0.15) is 0 Å². The van der Waals surface area contributed by atoms with Crippen molar-refractivity contribution in [2.75, 3.05) is 19.8 Å². The minimum absolute atomic E-state index is 0.0258. The van der Waals surface area contributed by atoms with Crippen molar-refractivity contribution >= 4 is 25.1 Å². The minimum Gasteiger partial charge on any atom is -0.394 e. The molecule has 19 N–H and O–H groups in total. The Balaban J connectivity index is -0.000000262. The van der Waals surface area contributed by atoms with Gasteiger partial charge in [0.2, 0.25) is 0 Å². The fourth-order valence-electron chi connectivity index (χ4n) is 2.42. The molecule has 0 aliphatic heterocycles. The number of aliphatic hydroxyl groups is 19. The second kappa shape index (κ2) is 28.9. The molecule has 0 aromatic carbocycles. The van der Waals surface area contributed by atoms with Gasteiger partial charge in [-0.3, -0.25) is 0 Å². The zero-order chi connectivity index (χ0) is 38.2. The van der Waals surface area contributed by atoms with Gasteiger partial charge in [0.25, 0.3) is 0 Å². The standard InChI is InChI=1S/3C6H12O6.C6H12O5/c3*7-1-3(9)5(11)6(12)4(10)2-8;1-3(8)5(10)6(11)4(9)2-7/h3*1,3-6,8-12H,2H2;2-6,8-11H,1H3/t3-,4+,5+,6+;3-,4+,5+,6-;2*3-,4-,5-,6-/m0010/s1. The summed E-state index contributed by atoms with van der Waals surface area (Å²) in [5.74, 6) is 0. The van der Waals surface area contributed by atoms with Crippen molar-refractivity contribution in [3.8, 4) is 0 Å². The summed E-state index contributed by atoms with van der Waals surface area (Å²) < 4.78 is 0. The van der Waals surface area contributed by atoms with Crippen LogP contribution in [0.3, 0.4) is 0 Å². The molecule has 282 valence electrons. The van der Waals surface area contributed by atoms with Gasteiger partial charge in [-0.05, 0) is 6.92 Å². The average molecular weight is 705 g/mol. The number of carbonyl (C=O) groups excluding carboxylic acids is 4. The van der Waals surface area contributed by atoms with E-state index in [1.807, 2.05) is 0 Å². The van der Waals surface area contributed by atoms with E-state index in [9.17, 15) is 19.2 Å². The molecule has 23 nitrogen and oxygen atoms in total. The third-order valence-corrected chi connectivity index (χ3v) is 5.60. The molecule has 0 bridgehead atoms. The minimum atomic E-state index is -1.79. The number of hydrogen-bond acceptors (Lipinski definition) is 23. The predicted octanol–water partition coefficient (Wildman–Crippen LogP) is -12.5. The van der Waals surface area contributed by atoms with Crippen LogP contribution in [0.5, 0.6) is 0 Å². The molecule has 0 radical (unpaired) electrons. The zero-order valence-corrected chi connectivity index (χ0v) is 24.8. The highest BCUT2D eigenvalue weighted by Crippen LogP contribution is 2.05. The van der Waals surface area contributed by atoms with Crippen LogP contribution in [0.2, 0.25) is 0 Å². The molecule has 0 saturated carbocycles. The highest BCUT2D eigenvalue weighted by atomic mass is 16.4. The van der Waals surface area contributed by atoms with E-state index < -0.39 is 117 Å². The monoisotopic (exact) mass is 704 g/mol. The quantitative estimate of drug-likeness (QED) is 0.0555. The van der Waals surface area contributed by atoms with Crippen molar-refractivity contribution in [1.82, 2.24) is 0 Å². The largest absolute Gasteiger partial charge is 0.394 e. The molecule has 0 rings (SSSR count). The molecule has 0 aromatic heterocycles. The molecule has 0 aromatic rings. The Morgan fingerprint density at radius 1 is 0.340 bits per heavy atom. The van der Waals surface area contributed by atoms with E-state index in [0.717, 1.165) is 0 Å². The van der Waals surface area contributed by atoms with E-state index in [0.29, 0.717) is 0 Å². The smallest absolute Gasteiger partial charge is 0.151 e. The molecule has 0 heterocycles. The summed E-state index contributed by atoms with van der Waals surface area (Å²) in [4.78, 5) is 39.6. The number of rotatable bonds is 19. The number of aldehydes is 4. The number of hydrogen-bond donors (Lipinski definition) is 19. The molecular weight excluding hydrogens is 656 g/mol. The molecule has 0 amide bonds. The normalized spacial score (nSPS) is 21.3. The lowest BCUT2D eigenvalue weighted by Gasteiger charge is -2.22. The molecule has 16 atom stereocenters. The molecule has 23 heteroatoms. The van der Waals surface area contributed by atoms with Crippen LogP contribution in [0.25, 0.3) is 0 Å². The van der Waals surface area contributed by atoms with Crippen molar-refractivity contribution in [2.24, 2.45) is 0 Å². The summed E-state index contributed by atoms with van der Waals surface area (Å²) in [6, 6.07) is 0. The number of aliphatic hydroxyl groups excluding tert-OH is 19. The highest BCUT2D eigenvalue weighted by Gasteiger charge is 2.31. The maximum atomic E-state index is 9.90. The Bertz CT molecular complexity index is 714. The Kier molecular flexibility index (Phi) is 31.8. The van der Waals surface area contributed by atoms with Crippen LogP contribution in [0.4, 0.5) is 0 Å². The Labute approximate surface area is 266 Å². The summed E-state index contributed by atoms with van der Waals surface area (Å²) in [6.45, 7) is -1.04. The highest BCUT2D eigenvalue weighted by molar-refractivity contribution is 5.57. The third kappa shape index (κ3) is 21.5. The van der Waals surface area contributed by atoms with Gasteiger partial charge in [-0.15, -0.1) is 0 Å². The molecular formula is C24H48O23. The lowest BCUT2D eigenvalue weighted by molar-refractivity contribution is -0.136. The van der Waals surface area contributed by atoms with Gasteiger partial charge in [0, 0.05) is 0 Å². The van der Waals surface area contributed by atoms with Gasteiger partial charge < -0.3 is 116 Å². The molecule has 0 spiro atoms. The first-order valence-electron chi connectivity index (χ1n) is 13.2. The first-order chi connectivity index (χ1) is 21.6. The van der Waals surface area contributed by atoms with Gasteiger partial charge in [0.05, 0.1) is 25.9 Å². The zero-order valence-electron chi connectivity index (χ0n) is 24.8. The van der Waals surface area contributed by atoms with E-state index >= 15 is 0 Å². The van der Waals surface area contributed by atoms with Gasteiger partial charge in [-0.1, -0.05) is 0 Å². The maximum Gasteiger partial charge on any atom is 0.151 e. The van der Waals surface area contributed by atoms with Gasteiger partial charge in [-0.25, -0.2) is 0 Å². The van der Waals surface area contributed by atoms with E-state index in [1.165, 1.54) is 6.92 Å². The molecule has 0 unspecified atom stereocenters. The summed E-state index contributed by atoms with van der Waals surface area (Å²) in [5, 5.41) is 166. The molecule has 0 fully saturated rings. The SMILES string of the molecule is C[C@H](O)[C@H](O)[C@@H](O)[C@@H](O)C=O.O=C[C@@H](O)[C@@H](O)[C@H](O)[C@H](O)CO.O=C[C@H](O)[C@@H](O)[C@@H](O)[C@H](O)CO.O=C[C@H](O)[C@@H](O)[C@H](O)[C@H](O)CO. The van der Waals surface area contributed by atoms with Crippen LogP contribution in [-0.2, 0) is 19.2 Å². The fourth-order valence-corrected chi connectivity index (χ4v) is 2.42.